The zero-order chi connectivity index (χ0) is 15.5. The van der Waals surface area contributed by atoms with E-state index >= 15 is 0 Å². The van der Waals surface area contributed by atoms with Crippen LogP contribution in [0.15, 0.2) is 60.9 Å². The molecule has 0 spiro atoms. The van der Waals surface area contributed by atoms with Gasteiger partial charge in [-0.2, -0.15) is 5.10 Å². The Morgan fingerprint density at radius 1 is 1.18 bits per heavy atom. The molecule has 0 fully saturated rings. The highest BCUT2D eigenvalue weighted by Gasteiger charge is 2.09. The molecule has 1 heterocycles. The van der Waals surface area contributed by atoms with E-state index in [1.165, 1.54) is 0 Å². The van der Waals surface area contributed by atoms with E-state index in [9.17, 15) is 4.79 Å². The van der Waals surface area contributed by atoms with Gasteiger partial charge >= 0.3 is 0 Å². The Labute approximate surface area is 133 Å². The van der Waals surface area contributed by atoms with Crippen LogP contribution < -0.4 is 5.32 Å². The van der Waals surface area contributed by atoms with Gasteiger partial charge in [0.05, 0.1) is 16.4 Å². The smallest absolute Gasteiger partial charge is 0.255 e. The third kappa shape index (κ3) is 3.02. The fraction of sp³-hybridized carbons (Fsp3) is 0.0588. The zero-order valence-corrected chi connectivity index (χ0v) is 12.7. The van der Waals surface area contributed by atoms with Crippen molar-refractivity contribution in [3.8, 4) is 5.69 Å². The van der Waals surface area contributed by atoms with Gasteiger partial charge in [-0.25, -0.2) is 4.68 Å². The number of rotatable bonds is 3. The Morgan fingerprint density at radius 2 is 1.95 bits per heavy atom. The van der Waals surface area contributed by atoms with Gasteiger partial charge < -0.3 is 5.32 Å². The van der Waals surface area contributed by atoms with Gasteiger partial charge in [-0.3, -0.25) is 4.79 Å². The summed E-state index contributed by atoms with van der Waals surface area (Å²) in [6.07, 6.45) is 3.56. The van der Waals surface area contributed by atoms with E-state index in [0.29, 0.717) is 16.3 Å². The number of hydrogen-bond donors (Lipinski definition) is 1. The topological polar surface area (TPSA) is 46.9 Å². The minimum atomic E-state index is -0.197. The molecule has 110 valence electrons. The fourth-order valence-corrected chi connectivity index (χ4v) is 2.39. The SMILES string of the molecule is Cc1ccc(NC(=O)c2ccc(-n3cccn3)cc2)c(Cl)c1. The first-order valence-electron chi connectivity index (χ1n) is 6.81. The van der Waals surface area contributed by atoms with Crippen molar-refractivity contribution in [3.05, 3.63) is 77.1 Å². The van der Waals surface area contributed by atoms with Crippen molar-refractivity contribution in [2.75, 3.05) is 5.32 Å². The number of aromatic nitrogens is 2. The maximum absolute atomic E-state index is 12.3. The molecule has 1 amide bonds. The highest BCUT2D eigenvalue weighted by Crippen LogP contribution is 2.23. The second-order valence-electron chi connectivity index (χ2n) is 4.93. The maximum atomic E-state index is 12.3. The molecule has 0 atom stereocenters. The third-order valence-electron chi connectivity index (χ3n) is 3.27. The highest BCUT2D eigenvalue weighted by atomic mass is 35.5. The van der Waals surface area contributed by atoms with Crippen molar-refractivity contribution in [3.63, 3.8) is 0 Å². The molecule has 1 N–H and O–H groups in total. The lowest BCUT2D eigenvalue weighted by Gasteiger charge is -2.08. The molecule has 0 saturated carbocycles. The Hall–Kier alpha value is -2.59. The van der Waals surface area contributed by atoms with Crippen LogP contribution in [-0.4, -0.2) is 15.7 Å². The van der Waals surface area contributed by atoms with Gasteiger partial charge in [0.15, 0.2) is 0 Å². The number of amides is 1. The van der Waals surface area contributed by atoms with Gasteiger partial charge in [0.25, 0.3) is 5.91 Å². The standard InChI is InChI=1S/C17H14ClN3O/c1-12-3-8-16(15(18)11-12)20-17(22)13-4-6-14(7-5-13)21-10-2-9-19-21/h2-11H,1H3,(H,20,22). The van der Waals surface area contributed by atoms with Crippen LogP contribution in [0.1, 0.15) is 15.9 Å². The van der Waals surface area contributed by atoms with Crippen LogP contribution in [0, 0.1) is 6.92 Å². The van der Waals surface area contributed by atoms with Crippen molar-refractivity contribution in [1.29, 1.82) is 0 Å². The molecule has 5 heteroatoms. The molecule has 0 unspecified atom stereocenters. The first-order chi connectivity index (χ1) is 10.6. The van der Waals surface area contributed by atoms with Gasteiger partial charge in [0, 0.05) is 18.0 Å². The van der Waals surface area contributed by atoms with Crippen LogP contribution in [0.3, 0.4) is 0 Å². The molecule has 22 heavy (non-hydrogen) atoms. The van der Waals surface area contributed by atoms with Crippen molar-refractivity contribution in [1.82, 2.24) is 9.78 Å². The molecule has 1 aromatic heterocycles. The molecule has 4 nitrogen and oxygen atoms in total. The van der Waals surface area contributed by atoms with Crippen LogP contribution in [0.5, 0.6) is 0 Å². The fourth-order valence-electron chi connectivity index (χ4n) is 2.10. The van der Waals surface area contributed by atoms with Crippen LogP contribution in [0.25, 0.3) is 5.69 Å². The first kappa shape index (κ1) is 14.4. The average molecular weight is 312 g/mol. The zero-order valence-electron chi connectivity index (χ0n) is 12.0. The van der Waals surface area contributed by atoms with E-state index in [2.05, 4.69) is 10.4 Å². The molecule has 0 radical (unpaired) electrons. The van der Waals surface area contributed by atoms with E-state index in [1.807, 2.05) is 43.5 Å². The molecule has 0 aliphatic rings. The van der Waals surface area contributed by atoms with Crippen LogP contribution >= 0.6 is 11.6 Å². The molecule has 0 aliphatic heterocycles. The van der Waals surface area contributed by atoms with Gasteiger partial charge in [-0.15, -0.1) is 0 Å². The van der Waals surface area contributed by atoms with Crippen LogP contribution in [-0.2, 0) is 0 Å². The highest BCUT2D eigenvalue weighted by molar-refractivity contribution is 6.34. The number of nitrogens with one attached hydrogen (secondary N) is 1. The second kappa shape index (κ2) is 6.03. The van der Waals surface area contributed by atoms with Crippen molar-refractivity contribution in [2.45, 2.75) is 6.92 Å². The predicted molar refractivity (Wildman–Crippen MR) is 87.7 cm³/mol. The number of anilines is 1. The number of aryl methyl sites for hydroxylation is 1. The minimum absolute atomic E-state index is 0.197. The number of benzene rings is 2. The summed E-state index contributed by atoms with van der Waals surface area (Å²) in [5.74, 6) is -0.197. The van der Waals surface area contributed by atoms with Gasteiger partial charge in [-0.05, 0) is 55.0 Å². The lowest BCUT2D eigenvalue weighted by Crippen LogP contribution is -2.12. The molecular weight excluding hydrogens is 298 g/mol. The molecular formula is C17H14ClN3O. The molecule has 3 aromatic rings. The van der Waals surface area contributed by atoms with Crippen molar-refractivity contribution in [2.24, 2.45) is 0 Å². The number of halogens is 1. The van der Waals surface area contributed by atoms with Gasteiger partial charge in [-0.1, -0.05) is 17.7 Å². The molecule has 3 rings (SSSR count). The second-order valence-corrected chi connectivity index (χ2v) is 5.34. The molecule has 0 bridgehead atoms. The van der Waals surface area contributed by atoms with Crippen LogP contribution in [0.2, 0.25) is 5.02 Å². The van der Waals surface area contributed by atoms with Gasteiger partial charge in [0.1, 0.15) is 0 Å². The van der Waals surface area contributed by atoms with Crippen LogP contribution in [0.4, 0.5) is 5.69 Å². The largest absolute Gasteiger partial charge is 0.321 e. The summed E-state index contributed by atoms with van der Waals surface area (Å²) in [4.78, 5) is 12.3. The maximum Gasteiger partial charge on any atom is 0.255 e. The van der Waals surface area contributed by atoms with E-state index in [1.54, 1.807) is 29.1 Å². The van der Waals surface area contributed by atoms with E-state index in [0.717, 1.165) is 11.3 Å². The molecule has 0 aliphatic carbocycles. The quantitative estimate of drug-likeness (QED) is 0.792. The predicted octanol–water partition coefficient (Wildman–Crippen LogP) is 4.09. The number of nitrogens with zero attached hydrogens (tertiary/aromatic N) is 2. The summed E-state index contributed by atoms with van der Waals surface area (Å²) in [6, 6.07) is 14.6. The number of carbonyl (C=O) groups excluding carboxylic acids is 1. The van der Waals surface area contributed by atoms with Gasteiger partial charge in [0.2, 0.25) is 0 Å². The lowest BCUT2D eigenvalue weighted by atomic mass is 10.1. The van der Waals surface area contributed by atoms with Crippen molar-refractivity contribution < 1.29 is 4.79 Å². The normalized spacial score (nSPS) is 10.5. The lowest BCUT2D eigenvalue weighted by molar-refractivity contribution is 0.102. The Morgan fingerprint density at radius 3 is 2.59 bits per heavy atom. The van der Waals surface area contributed by atoms with E-state index < -0.39 is 0 Å². The number of carbonyl (C=O) groups is 1. The summed E-state index contributed by atoms with van der Waals surface area (Å²) >= 11 is 6.13. The minimum Gasteiger partial charge on any atom is -0.321 e. The first-order valence-corrected chi connectivity index (χ1v) is 7.19. The monoisotopic (exact) mass is 311 g/mol. The Bertz CT molecular complexity index is 795. The van der Waals surface area contributed by atoms with E-state index in [-0.39, 0.29) is 5.91 Å². The summed E-state index contributed by atoms with van der Waals surface area (Å²) in [5, 5.41) is 7.49. The van der Waals surface area contributed by atoms with Crippen molar-refractivity contribution >= 4 is 23.2 Å². The average Bonchev–Trinajstić information content (AvgIpc) is 3.04. The molecule has 2 aromatic carbocycles. The third-order valence-corrected chi connectivity index (χ3v) is 3.58. The Balaban J connectivity index is 1.77. The summed E-state index contributed by atoms with van der Waals surface area (Å²) < 4.78 is 1.73. The summed E-state index contributed by atoms with van der Waals surface area (Å²) in [5.41, 5.74) is 3.11. The van der Waals surface area contributed by atoms with E-state index in [4.69, 9.17) is 11.6 Å². The number of hydrogen-bond acceptors (Lipinski definition) is 2. The summed E-state index contributed by atoms with van der Waals surface area (Å²) in [6.45, 7) is 1.95. The molecule has 0 saturated heterocycles. The summed E-state index contributed by atoms with van der Waals surface area (Å²) in [7, 11) is 0. The Kier molecular flexibility index (Phi) is 3.94.